The molecule has 0 aromatic carbocycles. The summed E-state index contributed by atoms with van der Waals surface area (Å²) in [6.45, 7) is 5.01. The topological polar surface area (TPSA) is 41.1 Å². The second-order valence-electron chi connectivity index (χ2n) is 3.31. The van der Waals surface area contributed by atoms with Gasteiger partial charge in [-0.2, -0.15) is 0 Å². The predicted molar refractivity (Wildman–Crippen MR) is 55.7 cm³/mol. The van der Waals surface area contributed by atoms with Crippen LogP contribution in [0.15, 0.2) is 0 Å². The Kier molecular flexibility index (Phi) is 7.69. The van der Waals surface area contributed by atoms with Crippen molar-refractivity contribution in [2.75, 3.05) is 13.6 Å². The number of hydrogen-bond acceptors (Lipinski definition) is 2. The molecule has 0 bridgehead atoms. The van der Waals surface area contributed by atoms with Crippen molar-refractivity contribution in [3.05, 3.63) is 0 Å². The Morgan fingerprint density at radius 3 is 2.54 bits per heavy atom. The Bertz CT molecular complexity index is 137. The summed E-state index contributed by atoms with van der Waals surface area (Å²) in [6.07, 6.45) is 3.82. The molecule has 1 atom stereocenters. The molecule has 0 spiro atoms. The second kappa shape index (κ2) is 8.05. The Morgan fingerprint density at radius 2 is 2.08 bits per heavy atom. The van der Waals surface area contributed by atoms with E-state index in [1.165, 1.54) is 0 Å². The molecule has 0 aromatic heterocycles. The predicted octanol–water partition coefficient (Wildman–Crippen LogP) is 1.29. The number of nitrogens with one attached hydrogen (secondary N) is 2. The third-order valence-corrected chi connectivity index (χ3v) is 2.10. The molecule has 2 N–H and O–H groups in total. The molecule has 3 heteroatoms. The van der Waals surface area contributed by atoms with Gasteiger partial charge in [0.1, 0.15) is 0 Å². The minimum atomic E-state index is 0.162. The first-order valence-electron chi connectivity index (χ1n) is 5.18. The molecular formula is C10H22N2O. The SMILES string of the molecule is CCCC(CC)NC(=O)CCNC. The van der Waals surface area contributed by atoms with Gasteiger partial charge in [-0.3, -0.25) is 4.79 Å². The van der Waals surface area contributed by atoms with Crippen LogP contribution in [0, 0.1) is 0 Å². The van der Waals surface area contributed by atoms with E-state index in [2.05, 4.69) is 24.5 Å². The zero-order valence-electron chi connectivity index (χ0n) is 9.02. The van der Waals surface area contributed by atoms with E-state index in [1.54, 1.807) is 0 Å². The highest BCUT2D eigenvalue weighted by atomic mass is 16.1. The molecule has 78 valence electrons. The van der Waals surface area contributed by atoms with Crippen LogP contribution in [0.5, 0.6) is 0 Å². The molecule has 0 aliphatic heterocycles. The van der Waals surface area contributed by atoms with Crippen LogP contribution in [0.1, 0.15) is 39.5 Å². The lowest BCUT2D eigenvalue weighted by Crippen LogP contribution is -2.35. The lowest BCUT2D eigenvalue weighted by molar-refractivity contribution is -0.121. The largest absolute Gasteiger partial charge is 0.353 e. The molecule has 0 fully saturated rings. The summed E-state index contributed by atoms with van der Waals surface area (Å²) in [6, 6.07) is 0.370. The molecule has 13 heavy (non-hydrogen) atoms. The zero-order chi connectivity index (χ0) is 10.1. The van der Waals surface area contributed by atoms with Crippen molar-refractivity contribution >= 4 is 5.91 Å². The van der Waals surface area contributed by atoms with Crippen LogP contribution in [-0.2, 0) is 4.79 Å². The molecule has 0 aliphatic carbocycles. The van der Waals surface area contributed by atoms with Gasteiger partial charge < -0.3 is 10.6 Å². The van der Waals surface area contributed by atoms with Gasteiger partial charge in [-0.05, 0) is 19.9 Å². The van der Waals surface area contributed by atoms with Gasteiger partial charge in [0.05, 0.1) is 0 Å². The number of carbonyl (C=O) groups is 1. The van der Waals surface area contributed by atoms with Crippen LogP contribution in [0.4, 0.5) is 0 Å². The van der Waals surface area contributed by atoms with Crippen LogP contribution >= 0.6 is 0 Å². The Hall–Kier alpha value is -0.570. The van der Waals surface area contributed by atoms with Gasteiger partial charge in [-0.25, -0.2) is 0 Å². The van der Waals surface area contributed by atoms with Gasteiger partial charge in [0.15, 0.2) is 0 Å². The fraction of sp³-hybridized carbons (Fsp3) is 0.900. The molecule has 3 nitrogen and oxygen atoms in total. The van der Waals surface area contributed by atoms with Gasteiger partial charge in [0.25, 0.3) is 0 Å². The molecule has 0 rings (SSSR count). The monoisotopic (exact) mass is 186 g/mol. The normalized spacial score (nSPS) is 12.5. The Labute approximate surface area is 81.3 Å². The maximum absolute atomic E-state index is 11.3. The molecule has 0 saturated heterocycles. The van der Waals surface area contributed by atoms with Crippen LogP contribution < -0.4 is 10.6 Å². The van der Waals surface area contributed by atoms with Crippen LogP contribution in [0.3, 0.4) is 0 Å². The number of carbonyl (C=O) groups excluding carboxylic acids is 1. The Morgan fingerprint density at radius 1 is 1.38 bits per heavy atom. The first kappa shape index (κ1) is 12.4. The molecule has 0 heterocycles. The first-order chi connectivity index (χ1) is 6.24. The van der Waals surface area contributed by atoms with Crippen LogP contribution in [0.25, 0.3) is 0 Å². The molecule has 0 saturated carbocycles. The minimum Gasteiger partial charge on any atom is -0.353 e. The van der Waals surface area contributed by atoms with Gasteiger partial charge >= 0.3 is 0 Å². The maximum atomic E-state index is 11.3. The van der Waals surface area contributed by atoms with E-state index in [9.17, 15) is 4.79 Å². The van der Waals surface area contributed by atoms with Crippen LogP contribution in [-0.4, -0.2) is 25.5 Å². The fourth-order valence-electron chi connectivity index (χ4n) is 1.27. The van der Waals surface area contributed by atoms with E-state index in [0.29, 0.717) is 12.5 Å². The van der Waals surface area contributed by atoms with E-state index in [1.807, 2.05) is 7.05 Å². The Balaban J connectivity index is 3.60. The smallest absolute Gasteiger partial charge is 0.221 e. The van der Waals surface area contributed by atoms with E-state index >= 15 is 0 Å². The molecule has 0 aromatic rings. The molecule has 0 aliphatic rings. The summed E-state index contributed by atoms with van der Waals surface area (Å²) < 4.78 is 0. The molecule has 1 unspecified atom stereocenters. The van der Waals surface area contributed by atoms with Crippen molar-refractivity contribution in [3.63, 3.8) is 0 Å². The summed E-state index contributed by atoms with van der Waals surface area (Å²) in [4.78, 5) is 11.3. The van der Waals surface area contributed by atoms with Gasteiger partial charge in [0.2, 0.25) is 5.91 Å². The molecule has 1 amide bonds. The highest BCUT2D eigenvalue weighted by Crippen LogP contribution is 2.00. The third kappa shape index (κ3) is 6.58. The lowest BCUT2D eigenvalue weighted by atomic mass is 10.1. The van der Waals surface area contributed by atoms with Crippen molar-refractivity contribution in [2.45, 2.75) is 45.6 Å². The number of hydrogen-bond donors (Lipinski definition) is 2. The summed E-state index contributed by atoms with van der Waals surface area (Å²) in [5.41, 5.74) is 0. The maximum Gasteiger partial charge on any atom is 0.221 e. The van der Waals surface area contributed by atoms with Gasteiger partial charge in [-0.15, -0.1) is 0 Å². The fourth-order valence-corrected chi connectivity index (χ4v) is 1.27. The van der Waals surface area contributed by atoms with Gasteiger partial charge in [0, 0.05) is 19.0 Å². The molecule has 0 radical (unpaired) electrons. The average molecular weight is 186 g/mol. The van der Waals surface area contributed by atoms with Crippen molar-refractivity contribution in [3.8, 4) is 0 Å². The first-order valence-corrected chi connectivity index (χ1v) is 5.18. The van der Waals surface area contributed by atoms with Crippen molar-refractivity contribution < 1.29 is 4.79 Å². The highest BCUT2D eigenvalue weighted by Gasteiger charge is 2.07. The number of amides is 1. The summed E-state index contributed by atoms with van der Waals surface area (Å²) >= 11 is 0. The molecular weight excluding hydrogens is 164 g/mol. The van der Waals surface area contributed by atoms with Gasteiger partial charge in [-0.1, -0.05) is 20.3 Å². The summed E-state index contributed by atoms with van der Waals surface area (Å²) in [5, 5.41) is 5.98. The summed E-state index contributed by atoms with van der Waals surface area (Å²) in [5.74, 6) is 0.162. The zero-order valence-corrected chi connectivity index (χ0v) is 9.02. The van der Waals surface area contributed by atoms with E-state index in [4.69, 9.17) is 0 Å². The summed E-state index contributed by atoms with van der Waals surface area (Å²) in [7, 11) is 1.86. The van der Waals surface area contributed by atoms with Crippen molar-refractivity contribution in [1.29, 1.82) is 0 Å². The van der Waals surface area contributed by atoms with Crippen LogP contribution in [0.2, 0.25) is 0 Å². The quantitative estimate of drug-likeness (QED) is 0.629. The second-order valence-corrected chi connectivity index (χ2v) is 3.31. The highest BCUT2D eigenvalue weighted by molar-refractivity contribution is 5.76. The van der Waals surface area contributed by atoms with E-state index < -0.39 is 0 Å². The standard InChI is InChI=1S/C10H22N2O/c1-4-6-9(5-2)12-10(13)7-8-11-3/h9,11H,4-8H2,1-3H3,(H,12,13). The van der Waals surface area contributed by atoms with Crippen molar-refractivity contribution in [1.82, 2.24) is 10.6 Å². The minimum absolute atomic E-state index is 0.162. The number of rotatable bonds is 7. The third-order valence-electron chi connectivity index (χ3n) is 2.10. The lowest BCUT2D eigenvalue weighted by Gasteiger charge is -2.15. The average Bonchev–Trinajstić information content (AvgIpc) is 2.14. The van der Waals surface area contributed by atoms with E-state index in [0.717, 1.165) is 25.8 Å². The van der Waals surface area contributed by atoms with Crippen molar-refractivity contribution in [2.24, 2.45) is 0 Å². The van der Waals surface area contributed by atoms with E-state index in [-0.39, 0.29) is 5.91 Å².